The van der Waals surface area contributed by atoms with Gasteiger partial charge in [0.2, 0.25) is 0 Å². The van der Waals surface area contributed by atoms with E-state index >= 15 is 0 Å². The van der Waals surface area contributed by atoms with Crippen LogP contribution in [0.1, 0.15) is 0 Å². The molecular formula is C60H40N2. The average Bonchev–Trinajstić information content (AvgIpc) is 3.69. The van der Waals surface area contributed by atoms with Crippen molar-refractivity contribution >= 4 is 71.2 Å². The first-order valence-electron chi connectivity index (χ1n) is 21.3. The van der Waals surface area contributed by atoms with E-state index in [4.69, 9.17) is 0 Å². The largest absolute Gasteiger partial charge is 0.310 e. The predicted octanol–water partition coefficient (Wildman–Crippen LogP) is 16.7. The molecule has 0 saturated carbocycles. The summed E-state index contributed by atoms with van der Waals surface area (Å²) in [6.07, 6.45) is 0. The number of anilines is 3. The van der Waals surface area contributed by atoms with E-state index in [9.17, 15) is 0 Å². The summed E-state index contributed by atoms with van der Waals surface area (Å²) in [5.74, 6) is 0. The van der Waals surface area contributed by atoms with Crippen molar-refractivity contribution in [2.24, 2.45) is 0 Å². The second-order valence-corrected chi connectivity index (χ2v) is 16.1. The van der Waals surface area contributed by atoms with Gasteiger partial charge >= 0.3 is 0 Å². The Balaban J connectivity index is 1.04. The lowest BCUT2D eigenvalue weighted by atomic mass is 9.93. The highest BCUT2D eigenvalue weighted by atomic mass is 15.1. The van der Waals surface area contributed by atoms with Crippen LogP contribution in [0.4, 0.5) is 17.1 Å². The molecule has 0 radical (unpaired) electrons. The van der Waals surface area contributed by atoms with Crippen LogP contribution in [0.3, 0.4) is 0 Å². The van der Waals surface area contributed by atoms with Crippen molar-refractivity contribution in [2.75, 3.05) is 4.90 Å². The Labute approximate surface area is 360 Å². The van der Waals surface area contributed by atoms with E-state index < -0.39 is 0 Å². The average molecular weight is 789 g/mol. The highest BCUT2D eigenvalue weighted by Gasteiger charge is 2.19. The Kier molecular flexibility index (Phi) is 8.53. The van der Waals surface area contributed by atoms with Gasteiger partial charge in [0, 0.05) is 33.5 Å². The highest BCUT2D eigenvalue weighted by molar-refractivity contribution is 6.16. The topological polar surface area (TPSA) is 8.17 Å². The number of fused-ring (bicyclic) bond motifs is 7. The van der Waals surface area contributed by atoms with Gasteiger partial charge in [0.05, 0.1) is 11.0 Å². The van der Waals surface area contributed by atoms with Gasteiger partial charge in [0.15, 0.2) is 0 Å². The molecule has 290 valence electrons. The summed E-state index contributed by atoms with van der Waals surface area (Å²) in [5, 5.41) is 10.0. The van der Waals surface area contributed by atoms with Crippen molar-refractivity contribution in [2.45, 2.75) is 0 Å². The first kappa shape index (κ1) is 35.7. The number of benzene rings is 11. The van der Waals surface area contributed by atoms with Gasteiger partial charge in [-0.3, -0.25) is 0 Å². The zero-order chi connectivity index (χ0) is 41.0. The highest BCUT2D eigenvalue weighted by Crippen LogP contribution is 2.43. The van der Waals surface area contributed by atoms with Gasteiger partial charge in [-0.15, -0.1) is 0 Å². The summed E-state index contributed by atoms with van der Waals surface area (Å²) in [5.41, 5.74) is 14.0. The SMILES string of the molecule is c1ccc(-n2c3ccccc3c3c(-c4cccc(N(c5ccc(-c6cc7ccccc7c7ccccc67)cc5)c5cccc(-c6cccc7ccccc67)c5)c4)cccc32)cc1. The van der Waals surface area contributed by atoms with Crippen LogP contribution in [0.25, 0.3) is 93.2 Å². The maximum Gasteiger partial charge on any atom is 0.0547 e. The van der Waals surface area contributed by atoms with Crippen molar-refractivity contribution in [1.82, 2.24) is 4.57 Å². The quantitative estimate of drug-likeness (QED) is 0.146. The van der Waals surface area contributed by atoms with Crippen LogP contribution in [0.15, 0.2) is 243 Å². The molecule has 0 spiro atoms. The molecule has 0 aliphatic rings. The lowest BCUT2D eigenvalue weighted by molar-refractivity contribution is 1.18. The molecule has 0 aliphatic carbocycles. The molecule has 1 aromatic heterocycles. The molecule has 0 bridgehead atoms. The Hall–Kier alpha value is -8.20. The van der Waals surface area contributed by atoms with Gasteiger partial charge in [-0.1, -0.05) is 176 Å². The second-order valence-electron chi connectivity index (χ2n) is 16.1. The Morgan fingerprint density at radius 2 is 0.823 bits per heavy atom. The number of aromatic nitrogens is 1. The van der Waals surface area contributed by atoms with Crippen molar-refractivity contribution in [1.29, 1.82) is 0 Å². The maximum absolute atomic E-state index is 2.41. The monoisotopic (exact) mass is 788 g/mol. The fourth-order valence-electron chi connectivity index (χ4n) is 9.75. The lowest BCUT2D eigenvalue weighted by Crippen LogP contribution is -2.10. The van der Waals surface area contributed by atoms with E-state index in [0.717, 1.165) is 22.7 Å². The minimum atomic E-state index is 1.09. The molecule has 0 atom stereocenters. The van der Waals surface area contributed by atoms with Crippen LogP contribution in [-0.2, 0) is 0 Å². The molecular weight excluding hydrogens is 749 g/mol. The molecule has 0 amide bonds. The molecule has 11 aromatic carbocycles. The Bertz CT molecular complexity index is 3630. The normalized spacial score (nSPS) is 11.5. The smallest absolute Gasteiger partial charge is 0.0547 e. The number of hydrogen-bond donors (Lipinski definition) is 0. The second kappa shape index (κ2) is 14.8. The van der Waals surface area contributed by atoms with Crippen LogP contribution >= 0.6 is 0 Å². The van der Waals surface area contributed by atoms with Gasteiger partial charge in [-0.25, -0.2) is 0 Å². The van der Waals surface area contributed by atoms with Crippen LogP contribution in [0, 0.1) is 0 Å². The lowest BCUT2D eigenvalue weighted by Gasteiger charge is -2.27. The molecule has 2 nitrogen and oxygen atoms in total. The third-order valence-corrected chi connectivity index (χ3v) is 12.5. The first-order chi connectivity index (χ1) is 30.8. The van der Waals surface area contributed by atoms with Gasteiger partial charge in [0.1, 0.15) is 0 Å². The minimum Gasteiger partial charge on any atom is -0.310 e. The third kappa shape index (κ3) is 5.96. The van der Waals surface area contributed by atoms with E-state index in [1.165, 1.54) is 87.5 Å². The van der Waals surface area contributed by atoms with Crippen LogP contribution in [0.5, 0.6) is 0 Å². The number of hydrogen-bond acceptors (Lipinski definition) is 1. The molecule has 12 rings (SSSR count). The zero-order valence-electron chi connectivity index (χ0n) is 34.0. The summed E-state index contributed by atoms with van der Waals surface area (Å²) in [6, 6.07) is 88.5. The van der Waals surface area contributed by atoms with Crippen LogP contribution in [-0.4, -0.2) is 4.57 Å². The van der Waals surface area contributed by atoms with E-state index in [0.29, 0.717) is 0 Å². The standard InChI is InChI=1S/C60H40N2/c1-2-21-46(22-3-1)62-58-32-11-10-29-56(58)60-53(31-15-33-59(60)62)44-20-13-24-49(39-44)61(48-23-12-19-43(38-48)51-30-14-18-41-16-4-6-25-50(41)51)47-36-34-42(35-37-47)57-40-45-17-5-7-26-52(45)54-27-8-9-28-55(54)57/h1-40H. The predicted molar refractivity (Wildman–Crippen MR) is 264 cm³/mol. The van der Waals surface area contributed by atoms with Crippen molar-refractivity contribution in [3.63, 3.8) is 0 Å². The van der Waals surface area contributed by atoms with E-state index in [2.05, 4.69) is 252 Å². The summed E-state index contributed by atoms with van der Waals surface area (Å²) in [6.45, 7) is 0. The van der Waals surface area contributed by atoms with E-state index in [-0.39, 0.29) is 0 Å². The summed E-state index contributed by atoms with van der Waals surface area (Å²) >= 11 is 0. The van der Waals surface area contributed by atoms with Gasteiger partial charge in [-0.2, -0.15) is 0 Å². The molecule has 62 heavy (non-hydrogen) atoms. The molecule has 0 fully saturated rings. The fraction of sp³-hybridized carbons (Fsp3) is 0. The molecule has 0 aliphatic heterocycles. The van der Waals surface area contributed by atoms with E-state index in [1.54, 1.807) is 0 Å². The van der Waals surface area contributed by atoms with Gasteiger partial charge in [0.25, 0.3) is 0 Å². The van der Waals surface area contributed by atoms with Crippen LogP contribution in [0.2, 0.25) is 0 Å². The zero-order valence-corrected chi connectivity index (χ0v) is 34.0. The molecule has 12 aromatic rings. The van der Waals surface area contributed by atoms with Gasteiger partial charge in [-0.05, 0) is 132 Å². The van der Waals surface area contributed by atoms with Crippen molar-refractivity contribution in [3.8, 4) is 39.1 Å². The molecule has 1 heterocycles. The summed E-state index contributed by atoms with van der Waals surface area (Å²) in [7, 11) is 0. The number of rotatable bonds is 7. The fourth-order valence-corrected chi connectivity index (χ4v) is 9.75. The van der Waals surface area contributed by atoms with E-state index in [1.807, 2.05) is 0 Å². The first-order valence-corrected chi connectivity index (χ1v) is 21.3. The minimum absolute atomic E-state index is 1.09. The third-order valence-electron chi connectivity index (χ3n) is 12.5. The van der Waals surface area contributed by atoms with Crippen molar-refractivity contribution < 1.29 is 0 Å². The van der Waals surface area contributed by atoms with Crippen molar-refractivity contribution in [3.05, 3.63) is 243 Å². The molecule has 2 heteroatoms. The Morgan fingerprint density at radius 1 is 0.274 bits per heavy atom. The summed E-state index contributed by atoms with van der Waals surface area (Å²) < 4.78 is 2.39. The Morgan fingerprint density at radius 3 is 1.60 bits per heavy atom. The summed E-state index contributed by atoms with van der Waals surface area (Å²) in [4.78, 5) is 2.41. The molecule has 0 unspecified atom stereocenters. The van der Waals surface area contributed by atoms with Gasteiger partial charge < -0.3 is 9.47 Å². The van der Waals surface area contributed by atoms with Crippen LogP contribution < -0.4 is 4.90 Å². The number of nitrogens with zero attached hydrogens (tertiary/aromatic N) is 2. The number of para-hydroxylation sites is 2. The molecule has 0 N–H and O–H groups in total. The maximum atomic E-state index is 2.41. The molecule has 0 saturated heterocycles.